The zero-order valence-electron chi connectivity index (χ0n) is 16.2. The first-order chi connectivity index (χ1) is 13.3. The van der Waals surface area contributed by atoms with Gasteiger partial charge in [0.25, 0.3) is 5.91 Å². The van der Waals surface area contributed by atoms with E-state index in [-0.39, 0.29) is 6.61 Å². The Morgan fingerprint density at radius 3 is 2.43 bits per heavy atom. The molecule has 1 heterocycles. The minimum absolute atomic E-state index is 0.234. The third-order valence-corrected chi connectivity index (χ3v) is 4.97. The number of nitrogens with one attached hydrogen (secondary N) is 1. The van der Waals surface area contributed by atoms with Gasteiger partial charge in [0.05, 0.1) is 12.2 Å². The zero-order valence-corrected chi connectivity index (χ0v) is 17.1. The molecule has 2 aromatic rings. The Labute approximate surface area is 167 Å². The van der Waals surface area contributed by atoms with Crippen LogP contribution >= 0.6 is 11.3 Å². The van der Waals surface area contributed by atoms with E-state index < -0.39 is 30.6 Å². The lowest BCUT2D eigenvalue weighted by atomic mass is 10.1. The number of ether oxygens (including phenoxy) is 3. The van der Waals surface area contributed by atoms with Gasteiger partial charge in [0.15, 0.2) is 12.7 Å². The standard InChI is InChI=1S/C20H23NO6S/c1-5-25-20(24)17-12(2)14(4)28-18(17)21-16(22)11-26-19(23)13(3)27-15-9-7-6-8-10-15/h6-10,13H,5,11H2,1-4H3,(H,21,22)/t13-/m1/s1. The number of rotatable bonds is 8. The maximum atomic E-state index is 12.2. The molecule has 0 spiro atoms. The second-order valence-corrected chi connectivity index (χ2v) is 7.16. The molecule has 0 aliphatic carbocycles. The number of hydrogen-bond acceptors (Lipinski definition) is 7. The van der Waals surface area contributed by atoms with Crippen LogP contribution < -0.4 is 10.1 Å². The summed E-state index contributed by atoms with van der Waals surface area (Å²) in [5.41, 5.74) is 1.07. The molecule has 1 atom stereocenters. The van der Waals surface area contributed by atoms with Crippen molar-refractivity contribution in [2.75, 3.05) is 18.5 Å². The largest absolute Gasteiger partial charge is 0.479 e. The summed E-state index contributed by atoms with van der Waals surface area (Å²) in [6, 6.07) is 8.84. The summed E-state index contributed by atoms with van der Waals surface area (Å²) in [5.74, 6) is -1.18. The summed E-state index contributed by atoms with van der Waals surface area (Å²) in [6.07, 6.45) is -0.864. The molecule has 0 saturated carbocycles. The van der Waals surface area contributed by atoms with Crippen LogP contribution in [0.2, 0.25) is 0 Å². The van der Waals surface area contributed by atoms with Crippen molar-refractivity contribution in [1.82, 2.24) is 0 Å². The van der Waals surface area contributed by atoms with E-state index >= 15 is 0 Å². The lowest BCUT2D eigenvalue weighted by Gasteiger charge is -2.14. The number of carbonyl (C=O) groups is 3. The van der Waals surface area contributed by atoms with Gasteiger partial charge in [-0.3, -0.25) is 4.79 Å². The molecule has 1 N–H and O–H groups in total. The third kappa shape index (κ3) is 5.56. The molecule has 0 fully saturated rings. The van der Waals surface area contributed by atoms with Crippen LogP contribution in [0.4, 0.5) is 5.00 Å². The molecule has 0 saturated heterocycles. The molecule has 1 aromatic carbocycles. The van der Waals surface area contributed by atoms with Gasteiger partial charge < -0.3 is 19.5 Å². The summed E-state index contributed by atoms with van der Waals surface area (Å²) >= 11 is 1.27. The molecule has 150 valence electrons. The number of benzene rings is 1. The van der Waals surface area contributed by atoms with Crippen molar-refractivity contribution in [2.45, 2.75) is 33.8 Å². The quantitative estimate of drug-likeness (QED) is 0.676. The first-order valence-corrected chi connectivity index (χ1v) is 9.60. The number of hydrogen-bond donors (Lipinski definition) is 1. The molecule has 0 aliphatic rings. The van der Waals surface area contributed by atoms with Gasteiger partial charge in [0.2, 0.25) is 0 Å². The van der Waals surface area contributed by atoms with Crippen LogP contribution in [0.1, 0.15) is 34.6 Å². The lowest BCUT2D eigenvalue weighted by Crippen LogP contribution is -2.29. The van der Waals surface area contributed by atoms with E-state index in [9.17, 15) is 14.4 Å². The molecule has 1 aromatic heterocycles. The molecule has 0 aliphatic heterocycles. The molecule has 1 amide bonds. The smallest absolute Gasteiger partial charge is 0.347 e. The minimum Gasteiger partial charge on any atom is -0.479 e. The molecule has 8 heteroatoms. The Bertz CT molecular complexity index is 846. The predicted octanol–water partition coefficient (Wildman–Crippen LogP) is 3.49. The van der Waals surface area contributed by atoms with Gasteiger partial charge in [-0.25, -0.2) is 9.59 Å². The van der Waals surface area contributed by atoms with Gasteiger partial charge in [-0.15, -0.1) is 11.3 Å². The Balaban J connectivity index is 1.93. The summed E-state index contributed by atoms with van der Waals surface area (Å²) in [7, 11) is 0. The monoisotopic (exact) mass is 405 g/mol. The second-order valence-electron chi connectivity index (χ2n) is 5.94. The van der Waals surface area contributed by atoms with Gasteiger partial charge in [-0.2, -0.15) is 0 Å². The highest BCUT2D eigenvalue weighted by Gasteiger charge is 2.23. The van der Waals surface area contributed by atoms with Crippen molar-refractivity contribution in [3.05, 3.63) is 46.3 Å². The van der Waals surface area contributed by atoms with Crippen LogP contribution in [0.3, 0.4) is 0 Å². The van der Waals surface area contributed by atoms with Gasteiger partial charge in [0, 0.05) is 4.88 Å². The third-order valence-electron chi connectivity index (χ3n) is 3.85. The number of carbonyl (C=O) groups excluding carboxylic acids is 3. The first kappa shape index (κ1) is 21.4. The molecule has 28 heavy (non-hydrogen) atoms. The van der Waals surface area contributed by atoms with E-state index in [0.29, 0.717) is 16.3 Å². The normalized spacial score (nSPS) is 11.4. The van der Waals surface area contributed by atoms with Crippen molar-refractivity contribution in [1.29, 1.82) is 0 Å². The average molecular weight is 405 g/mol. The summed E-state index contributed by atoms with van der Waals surface area (Å²) in [6.45, 7) is 6.63. The van der Waals surface area contributed by atoms with E-state index in [1.54, 1.807) is 38.1 Å². The fourth-order valence-electron chi connectivity index (χ4n) is 2.33. The van der Waals surface area contributed by atoms with Crippen LogP contribution in [-0.4, -0.2) is 37.2 Å². The molecule has 2 rings (SSSR count). The number of anilines is 1. The van der Waals surface area contributed by atoms with Crippen molar-refractivity contribution < 1.29 is 28.6 Å². The van der Waals surface area contributed by atoms with Crippen molar-refractivity contribution >= 4 is 34.2 Å². The molecular formula is C20H23NO6S. The van der Waals surface area contributed by atoms with Crippen LogP contribution in [0.5, 0.6) is 5.75 Å². The van der Waals surface area contributed by atoms with E-state index in [2.05, 4.69) is 5.32 Å². The first-order valence-electron chi connectivity index (χ1n) is 8.78. The van der Waals surface area contributed by atoms with E-state index in [1.165, 1.54) is 18.3 Å². The number of amides is 1. The number of thiophene rings is 1. The predicted molar refractivity (Wildman–Crippen MR) is 106 cm³/mol. The number of para-hydroxylation sites is 1. The van der Waals surface area contributed by atoms with Crippen molar-refractivity contribution in [3.8, 4) is 5.75 Å². The summed E-state index contributed by atoms with van der Waals surface area (Å²) in [5, 5.41) is 2.99. The lowest BCUT2D eigenvalue weighted by molar-refractivity contribution is -0.153. The Hall–Kier alpha value is -2.87. The summed E-state index contributed by atoms with van der Waals surface area (Å²) in [4.78, 5) is 37.2. The van der Waals surface area contributed by atoms with E-state index in [4.69, 9.17) is 14.2 Å². The van der Waals surface area contributed by atoms with E-state index in [1.807, 2.05) is 13.0 Å². The fraction of sp³-hybridized carbons (Fsp3) is 0.350. The number of aryl methyl sites for hydroxylation is 1. The molecule has 0 bridgehead atoms. The van der Waals surface area contributed by atoms with Gasteiger partial charge in [-0.05, 0) is 45.4 Å². The SMILES string of the molecule is CCOC(=O)c1c(NC(=O)COC(=O)[C@@H](C)Oc2ccccc2)sc(C)c1C. The van der Waals surface area contributed by atoms with Crippen molar-refractivity contribution in [2.24, 2.45) is 0 Å². The maximum absolute atomic E-state index is 12.2. The molecular weight excluding hydrogens is 382 g/mol. The van der Waals surface area contributed by atoms with Gasteiger partial charge >= 0.3 is 11.9 Å². The molecule has 0 radical (unpaired) electrons. The highest BCUT2D eigenvalue weighted by atomic mass is 32.1. The van der Waals surface area contributed by atoms with Crippen LogP contribution in [0.25, 0.3) is 0 Å². The average Bonchev–Trinajstić information content (AvgIpc) is 2.94. The topological polar surface area (TPSA) is 90.9 Å². The van der Waals surface area contributed by atoms with Gasteiger partial charge in [-0.1, -0.05) is 18.2 Å². The summed E-state index contributed by atoms with van der Waals surface area (Å²) < 4.78 is 15.5. The van der Waals surface area contributed by atoms with Crippen LogP contribution in [0, 0.1) is 13.8 Å². The van der Waals surface area contributed by atoms with E-state index in [0.717, 1.165) is 10.4 Å². The molecule has 7 nitrogen and oxygen atoms in total. The maximum Gasteiger partial charge on any atom is 0.347 e. The molecule has 0 unspecified atom stereocenters. The fourth-order valence-corrected chi connectivity index (χ4v) is 3.40. The Morgan fingerprint density at radius 1 is 1.11 bits per heavy atom. The van der Waals surface area contributed by atoms with Crippen LogP contribution in [-0.2, 0) is 19.1 Å². The van der Waals surface area contributed by atoms with Crippen LogP contribution in [0.15, 0.2) is 30.3 Å². The highest BCUT2D eigenvalue weighted by Crippen LogP contribution is 2.33. The second kappa shape index (κ2) is 9.89. The van der Waals surface area contributed by atoms with Crippen molar-refractivity contribution in [3.63, 3.8) is 0 Å². The Kier molecular flexibility index (Phi) is 7.57. The van der Waals surface area contributed by atoms with Gasteiger partial charge in [0.1, 0.15) is 10.8 Å². The highest BCUT2D eigenvalue weighted by molar-refractivity contribution is 7.16. The Morgan fingerprint density at radius 2 is 1.79 bits per heavy atom. The zero-order chi connectivity index (χ0) is 20.7. The number of esters is 2. The minimum atomic E-state index is -0.864.